The number of aliphatic hydroxyl groups excluding tert-OH is 1. The van der Waals surface area contributed by atoms with Crippen molar-refractivity contribution in [2.75, 3.05) is 13.6 Å². The van der Waals surface area contributed by atoms with Crippen molar-refractivity contribution in [3.05, 3.63) is 34.3 Å². The lowest BCUT2D eigenvalue weighted by molar-refractivity contribution is -0.131. The van der Waals surface area contributed by atoms with Gasteiger partial charge in [0.25, 0.3) is 0 Å². The first kappa shape index (κ1) is 15.5. The minimum atomic E-state index is -0.341. The predicted octanol–water partition coefficient (Wildman–Crippen LogP) is 3.00. The number of carbonyl (C=O) groups is 1. The molecule has 0 spiro atoms. The highest BCUT2D eigenvalue weighted by atomic mass is 79.9. The Morgan fingerprint density at radius 3 is 2.80 bits per heavy atom. The molecule has 0 aliphatic heterocycles. The lowest BCUT2D eigenvalue weighted by Crippen LogP contribution is -2.35. The van der Waals surface area contributed by atoms with Crippen LogP contribution in [0.2, 0.25) is 0 Å². The fourth-order valence-corrected chi connectivity index (χ4v) is 2.82. The zero-order valence-electron chi connectivity index (χ0n) is 11.9. The highest BCUT2D eigenvalue weighted by molar-refractivity contribution is 9.10. The average Bonchev–Trinajstić information content (AvgIpc) is 3.25. The Balaban J connectivity index is 1.70. The fourth-order valence-electron chi connectivity index (χ4n) is 2.33. The van der Waals surface area contributed by atoms with E-state index in [-0.39, 0.29) is 12.0 Å². The van der Waals surface area contributed by atoms with Crippen LogP contribution in [0.4, 0.5) is 0 Å². The van der Waals surface area contributed by atoms with Gasteiger partial charge in [-0.05, 0) is 43.2 Å². The summed E-state index contributed by atoms with van der Waals surface area (Å²) in [5.74, 6) is 0.544. The second kappa shape index (κ2) is 7.23. The van der Waals surface area contributed by atoms with Crippen LogP contribution in [-0.2, 0) is 11.2 Å². The van der Waals surface area contributed by atoms with Crippen molar-refractivity contribution < 1.29 is 9.90 Å². The molecule has 3 nitrogen and oxygen atoms in total. The molecular formula is C16H22BrNO2. The molecule has 1 fully saturated rings. The summed E-state index contributed by atoms with van der Waals surface area (Å²) in [6.07, 6.45) is 4.13. The summed E-state index contributed by atoms with van der Waals surface area (Å²) in [6.45, 7) is 0.471. The van der Waals surface area contributed by atoms with E-state index in [0.717, 1.165) is 30.2 Å². The molecular weight excluding hydrogens is 318 g/mol. The topological polar surface area (TPSA) is 40.5 Å². The van der Waals surface area contributed by atoms with Crippen LogP contribution in [0.5, 0.6) is 0 Å². The minimum Gasteiger partial charge on any atom is -0.391 e. The van der Waals surface area contributed by atoms with Crippen LogP contribution in [0.1, 0.15) is 31.2 Å². The molecule has 1 amide bonds. The van der Waals surface area contributed by atoms with Gasteiger partial charge in [0.1, 0.15) is 0 Å². The molecule has 0 radical (unpaired) electrons. The molecule has 2 rings (SSSR count). The Kier molecular flexibility index (Phi) is 5.61. The Morgan fingerprint density at radius 1 is 1.45 bits per heavy atom. The third-order valence-corrected chi connectivity index (χ3v) is 4.62. The zero-order valence-corrected chi connectivity index (χ0v) is 13.5. The van der Waals surface area contributed by atoms with E-state index in [1.54, 1.807) is 11.9 Å². The summed E-state index contributed by atoms with van der Waals surface area (Å²) in [6, 6.07) is 8.11. The number of likely N-dealkylation sites (N-methyl/N-ethyl adjacent to an activating group) is 1. The summed E-state index contributed by atoms with van der Waals surface area (Å²) in [5, 5.41) is 9.85. The van der Waals surface area contributed by atoms with Gasteiger partial charge in [-0.25, -0.2) is 0 Å². The molecule has 0 aromatic heterocycles. The number of halogens is 1. The van der Waals surface area contributed by atoms with Crippen LogP contribution in [-0.4, -0.2) is 35.6 Å². The monoisotopic (exact) mass is 339 g/mol. The molecule has 1 aromatic carbocycles. The van der Waals surface area contributed by atoms with Gasteiger partial charge >= 0.3 is 0 Å². The number of hydrogen-bond acceptors (Lipinski definition) is 2. The summed E-state index contributed by atoms with van der Waals surface area (Å²) in [5.41, 5.74) is 1.24. The molecule has 1 atom stereocenters. The normalized spacial score (nSPS) is 15.9. The number of nitrogens with zero attached hydrogens (tertiary/aromatic N) is 1. The van der Waals surface area contributed by atoms with Crippen molar-refractivity contribution in [1.29, 1.82) is 0 Å². The van der Waals surface area contributed by atoms with Gasteiger partial charge in [-0.2, -0.15) is 0 Å². The van der Waals surface area contributed by atoms with Crippen molar-refractivity contribution in [3.63, 3.8) is 0 Å². The van der Waals surface area contributed by atoms with E-state index in [1.165, 1.54) is 5.56 Å². The van der Waals surface area contributed by atoms with E-state index in [4.69, 9.17) is 0 Å². The lowest BCUT2D eigenvalue weighted by atomic mass is 10.1. The third-order valence-electron chi connectivity index (χ3n) is 3.85. The van der Waals surface area contributed by atoms with Crippen LogP contribution >= 0.6 is 15.9 Å². The quantitative estimate of drug-likeness (QED) is 0.829. The van der Waals surface area contributed by atoms with Crippen LogP contribution in [0, 0.1) is 5.92 Å². The second-order valence-electron chi connectivity index (χ2n) is 5.62. The summed E-state index contributed by atoms with van der Waals surface area (Å²) >= 11 is 3.52. The van der Waals surface area contributed by atoms with Gasteiger partial charge < -0.3 is 10.0 Å². The molecule has 110 valence electrons. The first-order valence-electron chi connectivity index (χ1n) is 7.23. The smallest absolute Gasteiger partial charge is 0.222 e. The number of carbonyl (C=O) groups excluding carboxylic acids is 1. The maximum atomic E-state index is 12.0. The van der Waals surface area contributed by atoms with Crippen LogP contribution in [0.15, 0.2) is 28.7 Å². The summed E-state index contributed by atoms with van der Waals surface area (Å²) in [7, 11) is 1.78. The molecule has 4 heteroatoms. The maximum absolute atomic E-state index is 12.0. The van der Waals surface area contributed by atoms with E-state index in [2.05, 4.69) is 22.0 Å². The Bertz CT molecular complexity index is 460. The van der Waals surface area contributed by atoms with E-state index < -0.39 is 0 Å². The number of rotatable bonds is 7. The van der Waals surface area contributed by atoms with Gasteiger partial charge in [-0.3, -0.25) is 4.79 Å². The lowest BCUT2D eigenvalue weighted by Gasteiger charge is -2.20. The highest BCUT2D eigenvalue weighted by Crippen LogP contribution is 2.32. The van der Waals surface area contributed by atoms with Crippen LogP contribution in [0.3, 0.4) is 0 Å². The van der Waals surface area contributed by atoms with Crippen molar-refractivity contribution in [3.8, 4) is 0 Å². The Labute approximate surface area is 129 Å². The molecule has 1 unspecified atom stereocenters. The van der Waals surface area contributed by atoms with E-state index in [1.807, 2.05) is 18.2 Å². The van der Waals surface area contributed by atoms with E-state index >= 15 is 0 Å². The molecule has 0 bridgehead atoms. The van der Waals surface area contributed by atoms with E-state index in [0.29, 0.717) is 18.9 Å². The van der Waals surface area contributed by atoms with Crippen molar-refractivity contribution in [2.24, 2.45) is 5.92 Å². The van der Waals surface area contributed by atoms with Gasteiger partial charge in [0.15, 0.2) is 0 Å². The SMILES string of the molecule is CN(CC(O)C1CC1)C(=O)CCCc1ccccc1Br. The number of aryl methyl sites for hydroxylation is 1. The van der Waals surface area contributed by atoms with Crippen LogP contribution in [0.25, 0.3) is 0 Å². The minimum absolute atomic E-state index is 0.122. The summed E-state index contributed by atoms with van der Waals surface area (Å²) < 4.78 is 1.10. The zero-order chi connectivity index (χ0) is 14.5. The largest absolute Gasteiger partial charge is 0.391 e. The maximum Gasteiger partial charge on any atom is 0.222 e. The van der Waals surface area contributed by atoms with Gasteiger partial charge in [-0.1, -0.05) is 34.1 Å². The van der Waals surface area contributed by atoms with Gasteiger partial charge in [-0.15, -0.1) is 0 Å². The number of amides is 1. The Hall–Kier alpha value is -0.870. The standard InChI is InChI=1S/C16H22BrNO2/c1-18(11-15(19)13-9-10-13)16(20)8-4-6-12-5-2-3-7-14(12)17/h2-3,5,7,13,15,19H,4,6,8-11H2,1H3. The third kappa shape index (κ3) is 4.60. The molecule has 20 heavy (non-hydrogen) atoms. The number of aliphatic hydroxyl groups is 1. The van der Waals surface area contributed by atoms with Crippen molar-refractivity contribution in [2.45, 2.75) is 38.2 Å². The van der Waals surface area contributed by atoms with Crippen LogP contribution < -0.4 is 0 Å². The molecule has 1 aromatic rings. The molecule has 1 saturated carbocycles. The summed E-state index contributed by atoms with van der Waals surface area (Å²) in [4.78, 5) is 13.7. The van der Waals surface area contributed by atoms with Gasteiger partial charge in [0, 0.05) is 24.5 Å². The molecule has 0 saturated heterocycles. The van der Waals surface area contributed by atoms with Gasteiger partial charge in [0.2, 0.25) is 5.91 Å². The molecule has 1 aliphatic carbocycles. The van der Waals surface area contributed by atoms with Gasteiger partial charge in [0.05, 0.1) is 6.10 Å². The first-order valence-corrected chi connectivity index (χ1v) is 8.02. The van der Waals surface area contributed by atoms with Crippen molar-refractivity contribution >= 4 is 21.8 Å². The van der Waals surface area contributed by atoms with E-state index in [9.17, 15) is 9.90 Å². The fraction of sp³-hybridized carbons (Fsp3) is 0.562. The Morgan fingerprint density at radius 2 is 2.15 bits per heavy atom. The number of hydrogen-bond donors (Lipinski definition) is 1. The number of benzene rings is 1. The predicted molar refractivity (Wildman–Crippen MR) is 83.4 cm³/mol. The second-order valence-corrected chi connectivity index (χ2v) is 6.48. The molecule has 1 aliphatic rings. The van der Waals surface area contributed by atoms with Crippen molar-refractivity contribution in [1.82, 2.24) is 4.90 Å². The molecule has 0 heterocycles. The first-order chi connectivity index (χ1) is 9.58. The molecule has 1 N–H and O–H groups in total. The highest BCUT2D eigenvalue weighted by Gasteiger charge is 2.30. The average molecular weight is 340 g/mol.